The first-order valence-electron chi connectivity index (χ1n) is 10.4. The quantitative estimate of drug-likeness (QED) is 0.551. The summed E-state index contributed by atoms with van der Waals surface area (Å²) in [6.07, 6.45) is 3.07. The van der Waals surface area contributed by atoms with E-state index in [0.717, 1.165) is 18.8 Å². The van der Waals surface area contributed by atoms with E-state index in [1.54, 1.807) is 16.7 Å². The van der Waals surface area contributed by atoms with E-state index in [0.29, 0.717) is 28.3 Å². The summed E-state index contributed by atoms with van der Waals surface area (Å²) in [5, 5.41) is 9.51. The van der Waals surface area contributed by atoms with Gasteiger partial charge in [0.05, 0.1) is 33.9 Å². The second-order valence-corrected chi connectivity index (χ2v) is 9.14. The minimum atomic E-state index is -1.60. The summed E-state index contributed by atoms with van der Waals surface area (Å²) in [6, 6.07) is 2.86. The number of carboxylic acid groups (broad SMARTS) is 1. The van der Waals surface area contributed by atoms with Crippen molar-refractivity contribution in [1.29, 1.82) is 0 Å². The summed E-state index contributed by atoms with van der Waals surface area (Å²) in [7, 11) is 0. The molecule has 1 saturated heterocycles. The molecule has 3 aliphatic rings. The molecule has 2 aliphatic carbocycles. The smallest absolute Gasteiger partial charge is 0.449 e. The van der Waals surface area contributed by atoms with Gasteiger partial charge in [-0.25, -0.2) is 9.18 Å². The highest BCUT2D eigenvalue weighted by Gasteiger charge is 2.42. The van der Waals surface area contributed by atoms with Gasteiger partial charge in [-0.05, 0) is 24.0 Å². The standard InChI is InChI=1S/C22H23ClFN3O4/c1-10-2-4-15(25)13-8-26(7-12(10)13)16-5-3-11-20(19(16)23)27(17-6-14(17)24)9-18(21(11)28)31-22(29)30/h2-5,9-10,12-15,17H,6-8,25H2,1H3,(H,29,30)/t10?,12?,13?,14-,15?,17+/m0/s1. The molecule has 1 saturated carbocycles. The monoisotopic (exact) mass is 447 g/mol. The number of allylic oxidation sites excluding steroid dienone is 1. The maximum absolute atomic E-state index is 14.0. The van der Waals surface area contributed by atoms with Crippen molar-refractivity contribution in [3.63, 3.8) is 0 Å². The van der Waals surface area contributed by atoms with Crippen molar-refractivity contribution < 1.29 is 19.0 Å². The first-order chi connectivity index (χ1) is 14.8. The van der Waals surface area contributed by atoms with Gasteiger partial charge >= 0.3 is 6.16 Å². The Bertz CT molecular complexity index is 1150. The molecule has 0 radical (unpaired) electrons. The van der Waals surface area contributed by atoms with Gasteiger partial charge < -0.3 is 25.0 Å². The number of anilines is 1. The maximum Gasteiger partial charge on any atom is 0.511 e. The van der Waals surface area contributed by atoms with Crippen LogP contribution in [0.1, 0.15) is 19.4 Å². The summed E-state index contributed by atoms with van der Waals surface area (Å²) >= 11 is 6.82. The lowest BCUT2D eigenvalue weighted by Gasteiger charge is -2.30. The third kappa shape index (κ3) is 3.29. The van der Waals surface area contributed by atoms with Gasteiger partial charge in [-0.1, -0.05) is 30.7 Å². The average molecular weight is 448 g/mol. The molecule has 0 spiro atoms. The third-order valence-corrected chi connectivity index (χ3v) is 7.25. The van der Waals surface area contributed by atoms with Crippen molar-refractivity contribution in [2.45, 2.75) is 31.6 Å². The van der Waals surface area contributed by atoms with Crippen molar-refractivity contribution in [1.82, 2.24) is 4.57 Å². The minimum absolute atomic E-state index is 0.0157. The molecular formula is C22H23ClFN3O4. The molecule has 0 bridgehead atoms. The Morgan fingerprint density at radius 2 is 2.00 bits per heavy atom. The van der Waals surface area contributed by atoms with Crippen LogP contribution in [0.2, 0.25) is 5.02 Å². The highest BCUT2D eigenvalue weighted by molar-refractivity contribution is 6.38. The van der Waals surface area contributed by atoms with Crippen molar-refractivity contribution in [2.24, 2.45) is 23.5 Å². The first-order valence-corrected chi connectivity index (χ1v) is 10.7. The van der Waals surface area contributed by atoms with Crippen LogP contribution >= 0.6 is 11.6 Å². The fourth-order valence-electron chi connectivity index (χ4n) is 5.09. The Morgan fingerprint density at radius 1 is 1.29 bits per heavy atom. The third-order valence-electron chi connectivity index (χ3n) is 6.87. The molecule has 164 valence electrons. The molecule has 9 heteroatoms. The number of pyridine rings is 1. The van der Waals surface area contributed by atoms with Crippen LogP contribution in [0.4, 0.5) is 14.9 Å². The highest BCUT2D eigenvalue weighted by atomic mass is 35.5. The molecule has 0 amide bonds. The van der Waals surface area contributed by atoms with E-state index in [9.17, 15) is 14.0 Å². The van der Waals surface area contributed by atoms with Gasteiger partial charge in [-0.3, -0.25) is 4.79 Å². The molecule has 2 aromatic rings. The van der Waals surface area contributed by atoms with Gasteiger partial charge in [0.1, 0.15) is 6.17 Å². The number of nitrogens with zero attached hydrogens (tertiary/aromatic N) is 2. The predicted octanol–water partition coefficient (Wildman–Crippen LogP) is 3.58. The highest BCUT2D eigenvalue weighted by Crippen LogP contribution is 2.45. The van der Waals surface area contributed by atoms with E-state index in [2.05, 4.69) is 28.7 Å². The number of benzene rings is 1. The van der Waals surface area contributed by atoms with Crippen LogP contribution in [0, 0.1) is 17.8 Å². The largest absolute Gasteiger partial charge is 0.511 e. The number of ether oxygens (including phenoxy) is 1. The topological polar surface area (TPSA) is 97.8 Å². The molecule has 31 heavy (non-hydrogen) atoms. The van der Waals surface area contributed by atoms with E-state index in [1.165, 1.54) is 6.20 Å². The van der Waals surface area contributed by atoms with E-state index >= 15 is 0 Å². The SMILES string of the molecule is CC1C=CC(N)C2CN(c3ccc4c(=O)c(OC(=O)O)cn([C@@H]5C[C@@H]5F)c4c3Cl)CC12. The molecular weight excluding hydrogens is 425 g/mol. The molecule has 2 fully saturated rings. The van der Waals surface area contributed by atoms with Gasteiger partial charge in [0.15, 0.2) is 5.75 Å². The molecule has 1 aromatic carbocycles. The van der Waals surface area contributed by atoms with Gasteiger partial charge in [-0.15, -0.1) is 0 Å². The predicted molar refractivity (Wildman–Crippen MR) is 116 cm³/mol. The fourth-order valence-corrected chi connectivity index (χ4v) is 5.47. The van der Waals surface area contributed by atoms with E-state index < -0.39 is 23.8 Å². The number of aromatic nitrogens is 1. The Kier molecular flexibility index (Phi) is 4.75. The molecule has 1 aliphatic heterocycles. The summed E-state index contributed by atoms with van der Waals surface area (Å²) < 4.78 is 20.2. The van der Waals surface area contributed by atoms with Crippen LogP contribution in [0.25, 0.3) is 10.9 Å². The van der Waals surface area contributed by atoms with Crippen LogP contribution in [-0.2, 0) is 0 Å². The second kappa shape index (κ2) is 7.24. The molecule has 7 nitrogen and oxygen atoms in total. The summed E-state index contributed by atoms with van der Waals surface area (Å²) in [5.41, 5.74) is 6.89. The number of fused-ring (bicyclic) bond motifs is 2. The number of alkyl halides is 1. The zero-order valence-corrected chi connectivity index (χ0v) is 17.6. The second-order valence-electron chi connectivity index (χ2n) is 8.77. The van der Waals surface area contributed by atoms with Crippen molar-refractivity contribution in [3.8, 4) is 5.75 Å². The Balaban J connectivity index is 1.61. The van der Waals surface area contributed by atoms with Gasteiger partial charge in [-0.2, -0.15) is 0 Å². The van der Waals surface area contributed by atoms with Crippen molar-refractivity contribution >= 4 is 34.3 Å². The zero-order chi connectivity index (χ0) is 22.0. The van der Waals surface area contributed by atoms with Crippen LogP contribution in [0.3, 0.4) is 0 Å². The van der Waals surface area contributed by atoms with Crippen molar-refractivity contribution in [3.05, 3.63) is 45.7 Å². The summed E-state index contributed by atoms with van der Waals surface area (Å²) in [6.45, 7) is 3.71. The lowest BCUT2D eigenvalue weighted by atomic mass is 9.77. The maximum atomic E-state index is 14.0. The number of halogens is 2. The number of carbonyl (C=O) groups is 1. The molecule has 6 atom stereocenters. The van der Waals surface area contributed by atoms with Crippen molar-refractivity contribution in [2.75, 3.05) is 18.0 Å². The zero-order valence-electron chi connectivity index (χ0n) is 16.9. The molecule has 5 rings (SSSR count). The fraction of sp³-hybridized carbons (Fsp3) is 0.455. The minimum Gasteiger partial charge on any atom is -0.449 e. The summed E-state index contributed by atoms with van der Waals surface area (Å²) in [4.78, 5) is 26.0. The molecule has 3 N–H and O–H groups in total. The Hall–Kier alpha value is -2.58. The lowest BCUT2D eigenvalue weighted by molar-refractivity contribution is 0.143. The normalized spacial score (nSPS) is 31.7. The van der Waals surface area contributed by atoms with E-state index in [4.69, 9.17) is 22.4 Å². The molecule has 4 unspecified atom stereocenters. The van der Waals surface area contributed by atoms with Gasteiger partial charge in [0.25, 0.3) is 0 Å². The van der Waals surface area contributed by atoms with Gasteiger partial charge in [0, 0.05) is 31.5 Å². The molecule has 2 heterocycles. The molecule has 1 aromatic heterocycles. The van der Waals surface area contributed by atoms with Crippen LogP contribution in [0.15, 0.2) is 35.3 Å². The van der Waals surface area contributed by atoms with Crippen LogP contribution < -0.4 is 20.8 Å². The van der Waals surface area contributed by atoms with E-state index in [-0.39, 0.29) is 23.6 Å². The number of hydrogen-bond donors (Lipinski definition) is 2. The lowest BCUT2D eigenvalue weighted by Crippen LogP contribution is -2.38. The number of rotatable bonds is 3. The van der Waals surface area contributed by atoms with Gasteiger partial charge in [0.2, 0.25) is 5.43 Å². The average Bonchev–Trinajstić information content (AvgIpc) is 3.26. The number of hydrogen-bond acceptors (Lipinski definition) is 5. The summed E-state index contributed by atoms with van der Waals surface area (Å²) in [5.74, 6) is 0.751. The van der Waals surface area contributed by atoms with E-state index in [1.807, 2.05) is 0 Å². The number of nitrogens with two attached hydrogens (primary N) is 1. The first kappa shape index (κ1) is 20.3. The Morgan fingerprint density at radius 3 is 2.65 bits per heavy atom. The van der Waals surface area contributed by atoms with Crippen LogP contribution in [-0.4, -0.2) is 41.1 Å². The Labute approximate surface area is 182 Å². The van der Waals surface area contributed by atoms with Crippen LogP contribution in [0.5, 0.6) is 5.75 Å².